The second kappa shape index (κ2) is 11.9. The topological polar surface area (TPSA) is 12.9 Å². The number of benzene rings is 6. The third-order valence-electron chi connectivity index (χ3n) is 10.9. The predicted octanol–water partition coefficient (Wildman–Crippen LogP) is 9.79. The minimum absolute atomic E-state index is 0.0968. The summed E-state index contributed by atoms with van der Waals surface area (Å²) >= 11 is -5.38. The van der Waals surface area contributed by atoms with Gasteiger partial charge in [-0.15, -0.1) is 0 Å². The van der Waals surface area contributed by atoms with Gasteiger partial charge in [-0.05, 0) is 0 Å². The fourth-order valence-corrected chi connectivity index (χ4v) is 55.7. The van der Waals surface area contributed by atoms with E-state index in [1.165, 1.54) is 58.2 Å². The number of fused-ring (bicyclic) bond motifs is 5. The van der Waals surface area contributed by atoms with E-state index in [9.17, 15) is 0 Å². The fraction of sp³-hybridized carbons (Fsp3) is 0.0682. The monoisotopic (exact) mass is 764 g/mol. The quantitative estimate of drug-likeness (QED) is 0.154. The molecular weight excluding hydrogens is 733 g/mol. The number of pyridine rings is 1. The van der Waals surface area contributed by atoms with E-state index in [0.29, 0.717) is 0 Å². The first-order valence-electron chi connectivity index (χ1n) is 17.0. The molecule has 0 spiro atoms. The average Bonchev–Trinajstić information content (AvgIpc) is 3.70. The molecule has 1 atom stereocenters. The first-order chi connectivity index (χ1) is 23.9. The molecular formula is C44H34Cl2NSiZr. The van der Waals surface area contributed by atoms with E-state index in [4.69, 9.17) is 22.0 Å². The Labute approximate surface area is 296 Å². The Kier molecular flexibility index (Phi) is 7.56. The van der Waals surface area contributed by atoms with Crippen molar-refractivity contribution in [3.63, 3.8) is 0 Å². The summed E-state index contributed by atoms with van der Waals surface area (Å²) in [6, 6.07) is 54.8. The van der Waals surface area contributed by atoms with Crippen LogP contribution in [0.5, 0.6) is 0 Å². The third-order valence-corrected chi connectivity index (χ3v) is 51.5. The van der Waals surface area contributed by atoms with Crippen molar-refractivity contribution in [1.82, 2.24) is 4.98 Å². The van der Waals surface area contributed by atoms with Crippen molar-refractivity contribution in [1.29, 1.82) is 0 Å². The standard InChI is InChI=1S/C19H14N.C13H9.C12H11Si.2ClH.Zr/c1-13-9-14-6-4-7-17(18(14)10-13)16-11-15-5-2-3-8-19(15)20-12-16;1-3-7-12-10(5-1)9-11-6-2-4-8-13(11)12;1-3-7-11(8-4-1)13-12-9-5-2-6-10-12;;;/h2-12H,1H3;1-5,7-8H,9H2;1-10,13H;2*1H;/q;;;;;+2/p-2. The van der Waals surface area contributed by atoms with Crippen LogP contribution in [0, 0.1) is 0 Å². The molecule has 1 aromatic heterocycles. The Morgan fingerprint density at radius 2 is 1.29 bits per heavy atom. The van der Waals surface area contributed by atoms with Crippen molar-refractivity contribution in [2.45, 2.75) is 17.0 Å². The Bertz CT molecular complexity index is 2400. The van der Waals surface area contributed by atoms with Crippen molar-refractivity contribution in [2.75, 3.05) is 0 Å². The summed E-state index contributed by atoms with van der Waals surface area (Å²) in [6.07, 6.45) is 5.23. The summed E-state index contributed by atoms with van der Waals surface area (Å²) in [6.45, 7) is 2.27. The molecule has 1 nitrogen and oxygen atoms in total. The van der Waals surface area contributed by atoms with Crippen LogP contribution < -0.4 is 13.6 Å². The molecule has 9 rings (SSSR count). The number of nitrogens with zero attached hydrogens (tertiary/aromatic N) is 1. The van der Waals surface area contributed by atoms with Crippen LogP contribution in [0.15, 0.2) is 163 Å². The van der Waals surface area contributed by atoms with E-state index in [2.05, 4.69) is 159 Å². The number of halogens is 2. The number of hydrogen-bond acceptors (Lipinski definition) is 1. The Hall–Kier alpha value is -3.85. The number of hydrogen-bond donors (Lipinski definition) is 0. The van der Waals surface area contributed by atoms with Gasteiger partial charge in [0, 0.05) is 0 Å². The van der Waals surface area contributed by atoms with E-state index in [1.807, 2.05) is 12.3 Å². The molecule has 237 valence electrons. The molecule has 1 unspecified atom stereocenters. The van der Waals surface area contributed by atoms with Crippen LogP contribution in [0.2, 0.25) is 0 Å². The van der Waals surface area contributed by atoms with Crippen LogP contribution in [0.3, 0.4) is 0 Å². The molecule has 0 bridgehead atoms. The van der Waals surface area contributed by atoms with Gasteiger partial charge in [-0.2, -0.15) is 0 Å². The predicted molar refractivity (Wildman–Crippen MR) is 209 cm³/mol. The molecule has 7 aromatic rings. The van der Waals surface area contributed by atoms with Crippen molar-refractivity contribution in [2.24, 2.45) is 0 Å². The third kappa shape index (κ3) is 4.85. The summed E-state index contributed by atoms with van der Waals surface area (Å²) in [5.41, 5.74) is 12.2. The van der Waals surface area contributed by atoms with Gasteiger partial charge in [-0.3, -0.25) is 0 Å². The Morgan fingerprint density at radius 3 is 2.06 bits per heavy atom. The maximum absolute atomic E-state index is 8.97. The second-order valence-electron chi connectivity index (χ2n) is 13.6. The first-order valence-corrected chi connectivity index (χ1v) is 31.9. The molecule has 6 aromatic carbocycles. The van der Waals surface area contributed by atoms with E-state index in [-0.39, 0.29) is 3.63 Å². The molecule has 0 aliphatic heterocycles. The minimum atomic E-state index is -5.38. The molecule has 0 saturated carbocycles. The van der Waals surface area contributed by atoms with Crippen molar-refractivity contribution < 1.29 is 15.6 Å². The van der Waals surface area contributed by atoms with Crippen molar-refractivity contribution >= 4 is 53.6 Å². The number of allylic oxidation sites excluding steroid dienone is 1. The van der Waals surface area contributed by atoms with Gasteiger partial charge in [-0.1, -0.05) is 0 Å². The van der Waals surface area contributed by atoms with Gasteiger partial charge in [0.2, 0.25) is 0 Å². The molecule has 1 heterocycles. The number of rotatable bonds is 6. The summed E-state index contributed by atoms with van der Waals surface area (Å²) in [4.78, 5) is 4.84. The molecule has 2 aliphatic carbocycles. The summed E-state index contributed by atoms with van der Waals surface area (Å²) in [5, 5.41) is 3.73. The normalized spacial score (nSPS) is 15.7. The zero-order valence-electron chi connectivity index (χ0n) is 27.2. The van der Waals surface area contributed by atoms with E-state index in [0.717, 1.165) is 22.9 Å². The van der Waals surface area contributed by atoms with Crippen molar-refractivity contribution in [3.8, 4) is 22.3 Å². The summed E-state index contributed by atoms with van der Waals surface area (Å²) < 4.78 is 1.13. The molecule has 0 N–H and O–H groups in total. The van der Waals surface area contributed by atoms with E-state index in [1.54, 1.807) is 0 Å². The van der Waals surface area contributed by atoms with Gasteiger partial charge in [0.1, 0.15) is 0 Å². The van der Waals surface area contributed by atoms with Gasteiger partial charge in [-0.25, -0.2) is 0 Å². The molecule has 5 heteroatoms. The first kappa shape index (κ1) is 31.2. The van der Waals surface area contributed by atoms with Gasteiger partial charge >= 0.3 is 299 Å². The average molecular weight is 767 g/mol. The Morgan fingerprint density at radius 1 is 0.653 bits per heavy atom. The zero-order chi connectivity index (χ0) is 33.2. The van der Waals surface area contributed by atoms with Gasteiger partial charge in [0.05, 0.1) is 0 Å². The molecule has 2 aliphatic rings. The summed E-state index contributed by atoms with van der Waals surface area (Å²) in [5.74, 6) is -2.34. The van der Waals surface area contributed by atoms with E-state index >= 15 is 0 Å². The molecule has 49 heavy (non-hydrogen) atoms. The molecule has 0 amide bonds. The van der Waals surface area contributed by atoms with E-state index < -0.39 is 21.5 Å². The van der Waals surface area contributed by atoms with Crippen LogP contribution in [0.4, 0.5) is 0 Å². The van der Waals surface area contributed by atoms with Crippen LogP contribution in [0.1, 0.15) is 32.8 Å². The summed E-state index contributed by atoms with van der Waals surface area (Å²) in [7, 11) is 17.9. The molecule has 0 radical (unpaired) electrons. The van der Waals surface area contributed by atoms with Crippen LogP contribution in [0.25, 0.3) is 39.2 Å². The molecule has 0 saturated heterocycles. The van der Waals surface area contributed by atoms with Gasteiger partial charge < -0.3 is 0 Å². The van der Waals surface area contributed by atoms with Gasteiger partial charge in [0.25, 0.3) is 0 Å². The van der Waals surface area contributed by atoms with Crippen molar-refractivity contribution in [3.05, 3.63) is 186 Å². The van der Waals surface area contributed by atoms with Crippen LogP contribution >= 0.6 is 17.0 Å². The van der Waals surface area contributed by atoms with Crippen LogP contribution in [-0.2, 0) is 22.0 Å². The van der Waals surface area contributed by atoms with Crippen LogP contribution in [-0.4, -0.2) is 10.9 Å². The Balaban J connectivity index is 1.34. The number of para-hydroxylation sites is 1. The number of aromatic nitrogens is 1. The fourth-order valence-electron chi connectivity index (χ4n) is 8.90. The maximum atomic E-state index is 8.97. The van der Waals surface area contributed by atoms with Gasteiger partial charge in [0.15, 0.2) is 0 Å². The molecule has 0 fully saturated rings. The SMILES string of the molecule is CC1=Cc2c(-c3cnc4ccccc4c3)cccc2[CH]1[Zr]([Cl])([Cl])([c]1cccc2c1Cc1ccccc1-2)[SiH](c1ccccc1)c1ccccc1. The second-order valence-corrected chi connectivity index (χ2v) is 50.7. The zero-order valence-corrected chi connectivity index (χ0v) is 32.3.